The zero-order valence-electron chi connectivity index (χ0n) is 11.6. The molecule has 0 atom stereocenters. The van der Waals surface area contributed by atoms with Crippen molar-refractivity contribution >= 4 is 38.3 Å². The zero-order chi connectivity index (χ0) is 14.7. The zero-order valence-corrected chi connectivity index (χ0v) is 14.0. The van der Waals surface area contributed by atoms with Gasteiger partial charge in [0.2, 0.25) is 5.13 Å². The molecule has 20 heavy (non-hydrogen) atoms. The van der Waals surface area contributed by atoms with Crippen LogP contribution in [0.5, 0.6) is 0 Å². The lowest BCUT2D eigenvalue weighted by Gasteiger charge is -2.05. The largest absolute Gasteiger partial charge is 0.296 e. The molecular weight excluding hydrogens is 338 g/mol. The third kappa shape index (κ3) is 3.64. The monoisotopic (exact) mass is 353 g/mol. The Balaban J connectivity index is 2.11. The van der Waals surface area contributed by atoms with Crippen molar-refractivity contribution in [3.63, 3.8) is 0 Å². The highest BCUT2D eigenvalue weighted by Gasteiger charge is 2.14. The summed E-state index contributed by atoms with van der Waals surface area (Å²) in [5.41, 5.74) is 1.63. The second-order valence-electron chi connectivity index (χ2n) is 4.99. The predicted molar refractivity (Wildman–Crippen MR) is 85.3 cm³/mol. The first-order valence-electron chi connectivity index (χ1n) is 6.36. The summed E-state index contributed by atoms with van der Waals surface area (Å²) in [5, 5.41) is 12.4. The van der Waals surface area contributed by atoms with Crippen LogP contribution >= 0.6 is 27.3 Å². The lowest BCUT2D eigenvalue weighted by atomic mass is 10.1. The van der Waals surface area contributed by atoms with E-state index in [4.69, 9.17) is 0 Å². The molecule has 2 rings (SSSR count). The molecule has 1 N–H and O–H groups in total. The van der Waals surface area contributed by atoms with Crippen LogP contribution in [0.1, 0.15) is 34.8 Å². The number of amides is 1. The summed E-state index contributed by atoms with van der Waals surface area (Å²) in [7, 11) is 0. The molecule has 0 saturated carbocycles. The Kier molecular flexibility index (Phi) is 4.88. The number of rotatable bonds is 4. The number of aryl methyl sites for hydroxylation is 1. The number of hydrogen-bond acceptors (Lipinski definition) is 4. The quantitative estimate of drug-likeness (QED) is 0.901. The van der Waals surface area contributed by atoms with E-state index in [9.17, 15) is 4.79 Å². The van der Waals surface area contributed by atoms with Crippen molar-refractivity contribution in [1.29, 1.82) is 0 Å². The molecule has 0 spiro atoms. The highest BCUT2D eigenvalue weighted by Crippen LogP contribution is 2.23. The van der Waals surface area contributed by atoms with E-state index in [-0.39, 0.29) is 5.91 Å². The van der Waals surface area contributed by atoms with Crippen LogP contribution in [0.25, 0.3) is 0 Å². The third-order valence-electron chi connectivity index (χ3n) is 2.71. The van der Waals surface area contributed by atoms with Gasteiger partial charge in [0.15, 0.2) is 0 Å². The molecule has 2 aromatic rings. The summed E-state index contributed by atoms with van der Waals surface area (Å²) < 4.78 is 0.810. The van der Waals surface area contributed by atoms with Crippen molar-refractivity contribution in [3.05, 3.63) is 38.8 Å². The summed E-state index contributed by atoms with van der Waals surface area (Å²) in [6.45, 7) is 6.21. The van der Waals surface area contributed by atoms with Gasteiger partial charge in [-0.15, -0.1) is 10.2 Å². The van der Waals surface area contributed by atoms with Crippen molar-refractivity contribution in [2.45, 2.75) is 27.2 Å². The van der Waals surface area contributed by atoms with E-state index in [0.29, 0.717) is 16.6 Å². The minimum absolute atomic E-state index is 0.173. The Hall–Kier alpha value is -1.27. The highest BCUT2D eigenvalue weighted by atomic mass is 79.9. The first-order chi connectivity index (χ1) is 9.47. The molecule has 106 valence electrons. The number of benzene rings is 1. The van der Waals surface area contributed by atoms with E-state index in [0.717, 1.165) is 21.5 Å². The second kappa shape index (κ2) is 6.45. The highest BCUT2D eigenvalue weighted by molar-refractivity contribution is 9.10. The Bertz CT molecular complexity index is 625. The number of aromatic nitrogens is 2. The van der Waals surface area contributed by atoms with Gasteiger partial charge >= 0.3 is 0 Å². The Labute approximate surface area is 130 Å². The molecule has 1 heterocycles. The van der Waals surface area contributed by atoms with Gasteiger partial charge in [0.25, 0.3) is 5.91 Å². The molecule has 0 unspecified atom stereocenters. The van der Waals surface area contributed by atoms with E-state index in [1.807, 2.05) is 19.1 Å². The summed E-state index contributed by atoms with van der Waals surface area (Å²) in [4.78, 5) is 12.2. The molecule has 1 aromatic carbocycles. The lowest BCUT2D eigenvalue weighted by Crippen LogP contribution is -2.12. The van der Waals surface area contributed by atoms with E-state index in [1.54, 1.807) is 6.07 Å². The average molecular weight is 354 g/mol. The number of carbonyl (C=O) groups is 1. The van der Waals surface area contributed by atoms with Crippen LogP contribution in [0.3, 0.4) is 0 Å². The van der Waals surface area contributed by atoms with Gasteiger partial charge < -0.3 is 0 Å². The van der Waals surface area contributed by atoms with Gasteiger partial charge in [-0.25, -0.2) is 0 Å². The Morgan fingerprint density at radius 2 is 2.15 bits per heavy atom. The minimum Gasteiger partial charge on any atom is -0.296 e. The lowest BCUT2D eigenvalue weighted by molar-refractivity contribution is 0.102. The second-order valence-corrected chi connectivity index (χ2v) is 6.84. The van der Waals surface area contributed by atoms with Crippen LogP contribution in [0.15, 0.2) is 22.7 Å². The van der Waals surface area contributed by atoms with Gasteiger partial charge in [0.05, 0.1) is 5.56 Å². The molecule has 1 amide bonds. The maximum atomic E-state index is 12.2. The molecular formula is C14H16BrN3OS. The molecule has 0 aliphatic heterocycles. The summed E-state index contributed by atoms with van der Waals surface area (Å²) in [5.74, 6) is 0.352. The normalized spacial score (nSPS) is 10.8. The first-order valence-corrected chi connectivity index (χ1v) is 7.97. The van der Waals surface area contributed by atoms with Crippen LogP contribution in [-0.4, -0.2) is 16.1 Å². The minimum atomic E-state index is -0.173. The van der Waals surface area contributed by atoms with Crippen molar-refractivity contribution in [2.24, 2.45) is 5.92 Å². The molecule has 0 radical (unpaired) electrons. The van der Waals surface area contributed by atoms with Crippen LogP contribution in [0, 0.1) is 12.8 Å². The van der Waals surface area contributed by atoms with Crippen LogP contribution in [0.4, 0.5) is 5.13 Å². The fraction of sp³-hybridized carbons (Fsp3) is 0.357. The molecule has 0 aliphatic rings. The molecule has 1 aromatic heterocycles. The van der Waals surface area contributed by atoms with Crippen LogP contribution < -0.4 is 5.32 Å². The van der Waals surface area contributed by atoms with Gasteiger partial charge in [-0.1, -0.05) is 37.3 Å². The molecule has 4 nitrogen and oxygen atoms in total. The summed E-state index contributed by atoms with van der Waals surface area (Å²) in [6, 6.07) is 5.59. The molecule has 0 saturated heterocycles. The van der Waals surface area contributed by atoms with Gasteiger partial charge in [0, 0.05) is 10.9 Å². The van der Waals surface area contributed by atoms with Gasteiger partial charge in [0.1, 0.15) is 5.01 Å². The van der Waals surface area contributed by atoms with Crippen molar-refractivity contribution in [2.75, 3.05) is 5.32 Å². The molecule has 0 aliphatic carbocycles. The van der Waals surface area contributed by atoms with Crippen LogP contribution in [0.2, 0.25) is 0 Å². The smallest absolute Gasteiger partial charge is 0.258 e. The standard InChI is InChI=1S/C14H16BrN3OS/c1-8(2)7-11-17-18-14(20-11)16-13(19)10-6-4-5-9(3)12(10)15/h4-6,8H,7H2,1-3H3,(H,16,18,19). The third-order valence-corrected chi connectivity index (χ3v) is 4.62. The van der Waals surface area contributed by atoms with Crippen LogP contribution in [-0.2, 0) is 6.42 Å². The number of halogens is 1. The topological polar surface area (TPSA) is 54.9 Å². The van der Waals surface area contributed by atoms with E-state index >= 15 is 0 Å². The van der Waals surface area contributed by atoms with Crippen molar-refractivity contribution < 1.29 is 4.79 Å². The van der Waals surface area contributed by atoms with Gasteiger partial charge in [-0.05, 0) is 40.4 Å². The van der Waals surface area contributed by atoms with E-state index < -0.39 is 0 Å². The molecule has 6 heteroatoms. The number of hydrogen-bond donors (Lipinski definition) is 1. The maximum Gasteiger partial charge on any atom is 0.258 e. The van der Waals surface area contributed by atoms with E-state index in [2.05, 4.69) is 45.3 Å². The number of nitrogens with zero attached hydrogens (tertiary/aromatic N) is 2. The fourth-order valence-electron chi connectivity index (χ4n) is 1.72. The van der Waals surface area contributed by atoms with Gasteiger partial charge in [-0.2, -0.15) is 0 Å². The summed E-state index contributed by atoms with van der Waals surface area (Å²) in [6.07, 6.45) is 0.877. The molecule has 0 fully saturated rings. The number of nitrogens with one attached hydrogen (secondary N) is 1. The number of anilines is 1. The average Bonchev–Trinajstić information content (AvgIpc) is 2.79. The predicted octanol–water partition coefficient (Wildman–Crippen LogP) is 4.06. The Morgan fingerprint density at radius 3 is 2.85 bits per heavy atom. The summed E-state index contributed by atoms with van der Waals surface area (Å²) >= 11 is 4.86. The first kappa shape index (κ1) is 15.1. The maximum absolute atomic E-state index is 12.2. The molecule has 0 bridgehead atoms. The SMILES string of the molecule is Cc1cccc(C(=O)Nc2nnc(CC(C)C)s2)c1Br. The van der Waals surface area contributed by atoms with Crippen molar-refractivity contribution in [1.82, 2.24) is 10.2 Å². The van der Waals surface area contributed by atoms with Gasteiger partial charge in [-0.3, -0.25) is 10.1 Å². The van der Waals surface area contributed by atoms with E-state index in [1.165, 1.54) is 11.3 Å². The fourth-order valence-corrected chi connectivity index (χ4v) is 3.11. The Morgan fingerprint density at radius 1 is 1.40 bits per heavy atom. The number of carbonyl (C=O) groups excluding carboxylic acids is 1. The van der Waals surface area contributed by atoms with Crippen molar-refractivity contribution in [3.8, 4) is 0 Å².